The fourth-order valence-electron chi connectivity index (χ4n) is 2.95. The molecule has 0 aliphatic carbocycles. The average Bonchev–Trinajstić information content (AvgIpc) is 2.55. The van der Waals surface area contributed by atoms with E-state index in [1.807, 2.05) is 6.07 Å². The molecule has 3 aromatic rings. The van der Waals surface area contributed by atoms with Crippen molar-refractivity contribution < 1.29 is 0 Å². The van der Waals surface area contributed by atoms with Crippen LogP contribution in [0.3, 0.4) is 0 Å². The third-order valence-electron chi connectivity index (χ3n) is 4.22. The average molecular weight is 275 g/mol. The summed E-state index contributed by atoms with van der Waals surface area (Å²) in [4.78, 5) is 0. The Morgan fingerprint density at radius 2 is 1.48 bits per heavy atom. The molecule has 0 saturated carbocycles. The lowest BCUT2D eigenvalue weighted by Crippen LogP contribution is -2.20. The highest BCUT2D eigenvalue weighted by atomic mass is 14.6. The van der Waals surface area contributed by atoms with Crippen LogP contribution in [0, 0.1) is 5.92 Å². The predicted octanol–water partition coefficient (Wildman–Crippen LogP) is 4.72. The van der Waals surface area contributed by atoms with Gasteiger partial charge in [0.25, 0.3) is 0 Å². The summed E-state index contributed by atoms with van der Waals surface area (Å²) in [5.41, 5.74) is 9.03. The SMILES string of the molecule is CC(Cc1cccc2ccccc12)C(N)c1ccccc1. The van der Waals surface area contributed by atoms with Crippen molar-refractivity contribution in [1.82, 2.24) is 0 Å². The van der Waals surface area contributed by atoms with Crippen molar-refractivity contribution in [3.63, 3.8) is 0 Å². The van der Waals surface area contributed by atoms with Gasteiger partial charge in [-0.25, -0.2) is 0 Å². The molecule has 0 aliphatic heterocycles. The van der Waals surface area contributed by atoms with E-state index in [0.717, 1.165) is 6.42 Å². The third kappa shape index (κ3) is 2.98. The van der Waals surface area contributed by atoms with Gasteiger partial charge in [-0.3, -0.25) is 0 Å². The summed E-state index contributed by atoms with van der Waals surface area (Å²) >= 11 is 0. The predicted molar refractivity (Wildman–Crippen MR) is 90.2 cm³/mol. The number of rotatable bonds is 4. The molecule has 0 bridgehead atoms. The molecule has 0 aliphatic rings. The smallest absolute Gasteiger partial charge is 0.0324 e. The van der Waals surface area contributed by atoms with E-state index >= 15 is 0 Å². The van der Waals surface area contributed by atoms with E-state index in [2.05, 4.69) is 73.7 Å². The van der Waals surface area contributed by atoms with Crippen molar-refractivity contribution in [2.75, 3.05) is 0 Å². The van der Waals surface area contributed by atoms with Crippen LogP contribution in [0.15, 0.2) is 72.8 Å². The maximum atomic E-state index is 6.43. The molecule has 1 nitrogen and oxygen atoms in total. The zero-order valence-corrected chi connectivity index (χ0v) is 12.4. The molecule has 0 saturated heterocycles. The summed E-state index contributed by atoms with van der Waals surface area (Å²) < 4.78 is 0. The fourth-order valence-corrected chi connectivity index (χ4v) is 2.95. The van der Waals surface area contributed by atoms with Gasteiger partial charge in [-0.05, 0) is 34.2 Å². The molecule has 2 N–H and O–H groups in total. The van der Waals surface area contributed by atoms with Crippen molar-refractivity contribution >= 4 is 10.8 Å². The first kappa shape index (κ1) is 13.8. The van der Waals surface area contributed by atoms with Gasteiger partial charge in [0, 0.05) is 6.04 Å². The van der Waals surface area contributed by atoms with Crippen molar-refractivity contribution in [2.45, 2.75) is 19.4 Å². The first-order valence-corrected chi connectivity index (χ1v) is 7.53. The molecule has 21 heavy (non-hydrogen) atoms. The van der Waals surface area contributed by atoms with Crippen LogP contribution in [0.25, 0.3) is 10.8 Å². The molecule has 2 atom stereocenters. The van der Waals surface area contributed by atoms with Gasteiger partial charge in [0.15, 0.2) is 0 Å². The van der Waals surface area contributed by atoms with E-state index in [4.69, 9.17) is 5.73 Å². The summed E-state index contributed by atoms with van der Waals surface area (Å²) in [6, 6.07) is 25.5. The van der Waals surface area contributed by atoms with Crippen LogP contribution in [-0.2, 0) is 6.42 Å². The molecule has 0 heterocycles. The van der Waals surface area contributed by atoms with Crippen molar-refractivity contribution in [1.29, 1.82) is 0 Å². The highest BCUT2D eigenvalue weighted by Crippen LogP contribution is 2.26. The van der Waals surface area contributed by atoms with E-state index in [0.29, 0.717) is 5.92 Å². The second-order valence-corrected chi connectivity index (χ2v) is 5.76. The summed E-state index contributed by atoms with van der Waals surface area (Å²) in [7, 11) is 0. The fraction of sp³-hybridized carbons (Fsp3) is 0.200. The van der Waals surface area contributed by atoms with Gasteiger partial charge in [-0.1, -0.05) is 79.7 Å². The molecule has 3 aromatic carbocycles. The topological polar surface area (TPSA) is 26.0 Å². The largest absolute Gasteiger partial charge is 0.324 e. The highest BCUT2D eigenvalue weighted by Gasteiger charge is 2.16. The molecule has 0 amide bonds. The Hall–Kier alpha value is -2.12. The first-order valence-electron chi connectivity index (χ1n) is 7.53. The maximum Gasteiger partial charge on any atom is 0.0324 e. The Morgan fingerprint density at radius 3 is 2.29 bits per heavy atom. The van der Waals surface area contributed by atoms with Crippen LogP contribution >= 0.6 is 0 Å². The molecule has 0 spiro atoms. The standard InChI is InChI=1S/C20H21N/c1-15(20(21)17-9-3-2-4-10-17)14-18-12-7-11-16-8-5-6-13-19(16)18/h2-13,15,20H,14,21H2,1H3. The van der Waals surface area contributed by atoms with Gasteiger partial charge in [0.05, 0.1) is 0 Å². The summed E-state index contributed by atoms with van der Waals surface area (Å²) in [5.74, 6) is 0.401. The van der Waals surface area contributed by atoms with Crippen molar-refractivity contribution in [3.8, 4) is 0 Å². The van der Waals surface area contributed by atoms with Crippen molar-refractivity contribution in [3.05, 3.63) is 83.9 Å². The van der Waals surface area contributed by atoms with Crippen LogP contribution in [0.2, 0.25) is 0 Å². The van der Waals surface area contributed by atoms with Gasteiger partial charge in [-0.2, -0.15) is 0 Å². The van der Waals surface area contributed by atoms with E-state index in [-0.39, 0.29) is 6.04 Å². The number of hydrogen-bond acceptors (Lipinski definition) is 1. The molecule has 0 aromatic heterocycles. The minimum absolute atomic E-state index is 0.0742. The second kappa shape index (κ2) is 6.11. The molecular weight excluding hydrogens is 254 g/mol. The van der Waals surface area contributed by atoms with E-state index in [9.17, 15) is 0 Å². The Balaban J connectivity index is 1.85. The summed E-state index contributed by atoms with van der Waals surface area (Å²) in [6.45, 7) is 2.24. The monoisotopic (exact) mass is 275 g/mol. The Morgan fingerprint density at radius 1 is 0.810 bits per heavy atom. The normalized spacial score (nSPS) is 14.0. The zero-order valence-electron chi connectivity index (χ0n) is 12.4. The molecule has 1 heteroatoms. The maximum absolute atomic E-state index is 6.43. The lowest BCUT2D eigenvalue weighted by Gasteiger charge is -2.21. The van der Waals surface area contributed by atoms with Crippen LogP contribution in [0.1, 0.15) is 24.1 Å². The number of benzene rings is 3. The molecule has 0 radical (unpaired) electrons. The minimum Gasteiger partial charge on any atom is -0.324 e. The number of fused-ring (bicyclic) bond motifs is 1. The third-order valence-corrected chi connectivity index (χ3v) is 4.22. The Labute approximate surface area is 126 Å². The van der Waals surface area contributed by atoms with E-state index in [1.165, 1.54) is 21.9 Å². The lowest BCUT2D eigenvalue weighted by atomic mass is 9.88. The summed E-state index contributed by atoms with van der Waals surface area (Å²) in [6.07, 6.45) is 0.997. The number of nitrogens with two attached hydrogens (primary N) is 1. The van der Waals surface area contributed by atoms with Crippen molar-refractivity contribution in [2.24, 2.45) is 11.7 Å². The first-order chi connectivity index (χ1) is 10.3. The molecule has 0 fully saturated rings. The molecule has 2 unspecified atom stereocenters. The van der Waals surface area contributed by atoms with Gasteiger partial charge in [0.2, 0.25) is 0 Å². The minimum atomic E-state index is 0.0742. The van der Waals surface area contributed by atoms with Crippen LogP contribution < -0.4 is 5.73 Å². The number of hydrogen-bond donors (Lipinski definition) is 1. The van der Waals surface area contributed by atoms with Crippen LogP contribution in [0.4, 0.5) is 0 Å². The van der Waals surface area contributed by atoms with E-state index in [1.54, 1.807) is 0 Å². The van der Waals surface area contributed by atoms with Crippen LogP contribution in [-0.4, -0.2) is 0 Å². The van der Waals surface area contributed by atoms with Gasteiger partial charge in [-0.15, -0.1) is 0 Å². The quantitative estimate of drug-likeness (QED) is 0.732. The van der Waals surface area contributed by atoms with Gasteiger partial charge < -0.3 is 5.73 Å². The highest BCUT2D eigenvalue weighted by molar-refractivity contribution is 5.85. The Bertz CT molecular complexity index is 713. The molecule has 3 rings (SSSR count). The van der Waals surface area contributed by atoms with Gasteiger partial charge in [0.1, 0.15) is 0 Å². The lowest BCUT2D eigenvalue weighted by molar-refractivity contribution is 0.469. The Kier molecular flexibility index (Phi) is 4.03. The molecular formula is C20H21N. The summed E-state index contributed by atoms with van der Waals surface area (Å²) in [5, 5.41) is 2.64. The van der Waals surface area contributed by atoms with E-state index < -0.39 is 0 Å². The van der Waals surface area contributed by atoms with Gasteiger partial charge >= 0.3 is 0 Å². The zero-order chi connectivity index (χ0) is 14.7. The van der Waals surface area contributed by atoms with Crippen LogP contribution in [0.5, 0.6) is 0 Å². The molecule has 106 valence electrons. The second-order valence-electron chi connectivity index (χ2n) is 5.76.